The van der Waals surface area contributed by atoms with Crippen molar-refractivity contribution in [3.63, 3.8) is 0 Å². The number of nitrogens with zero attached hydrogens (tertiary/aromatic N) is 1. The van der Waals surface area contributed by atoms with Gasteiger partial charge in [0.2, 0.25) is 5.91 Å². The van der Waals surface area contributed by atoms with Gasteiger partial charge >= 0.3 is 6.03 Å². The number of hydrogen-bond acceptors (Lipinski definition) is 4. The lowest BCUT2D eigenvalue weighted by atomic mass is 9.64. The molecule has 2 atom stereocenters. The first-order valence-corrected chi connectivity index (χ1v) is 10.3. The number of rotatable bonds is 4. The summed E-state index contributed by atoms with van der Waals surface area (Å²) in [6, 6.07) is 3.93. The summed E-state index contributed by atoms with van der Waals surface area (Å²) in [6.45, 7) is 5.84. The van der Waals surface area contributed by atoms with Crippen molar-refractivity contribution in [2.75, 3.05) is 18.9 Å². The molecule has 30 heavy (non-hydrogen) atoms. The summed E-state index contributed by atoms with van der Waals surface area (Å²) in [5.74, 6) is -1.00. The van der Waals surface area contributed by atoms with Crippen LogP contribution < -0.4 is 16.0 Å². The van der Waals surface area contributed by atoms with Crippen LogP contribution in [0.1, 0.15) is 50.4 Å². The zero-order chi connectivity index (χ0) is 22.3. The van der Waals surface area contributed by atoms with Gasteiger partial charge in [0.1, 0.15) is 12.1 Å². The zero-order valence-electron chi connectivity index (χ0n) is 17.6. The first kappa shape index (κ1) is 22.1. The summed E-state index contributed by atoms with van der Waals surface area (Å²) in [6.07, 6.45) is 2.08. The fourth-order valence-corrected chi connectivity index (χ4v) is 5.11. The van der Waals surface area contributed by atoms with Crippen LogP contribution in [-0.2, 0) is 9.59 Å². The van der Waals surface area contributed by atoms with E-state index in [2.05, 4.69) is 36.7 Å². The molecule has 0 radical (unpaired) electrons. The maximum atomic E-state index is 13.1. The Morgan fingerprint density at radius 2 is 1.97 bits per heavy atom. The van der Waals surface area contributed by atoms with E-state index in [0.717, 1.165) is 11.3 Å². The average molecular weight is 435 g/mol. The van der Waals surface area contributed by atoms with Crippen molar-refractivity contribution in [3.05, 3.63) is 28.8 Å². The third-order valence-corrected chi connectivity index (χ3v) is 5.98. The van der Waals surface area contributed by atoms with Crippen molar-refractivity contribution < 1.29 is 19.2 Å². The highest BCUT2D eigenvalue weighted by atomic mass is 35.5. The predicted molar refractivity (Wildman–Crippen MR) is 113 cm³/mol. The number of halogens is 1. The molecule has 1 saturated carbocycles. The second kappa shape index (κ2) is 7.91. The smallest absolute Gasteiger partial charge is 0.325 e. The number of benzene rings is 1. The number of urea groups is 1. The predicted octanol–water partition coefficient (Wildman–Crippen LogP) is 2.77. The fraction of sp³-hybridized carbons (Fsp3) is 0.524. The molecule has 9 heteroatoms. The molecule has 1 heterocycles. The molecule has 1 aliphatic heterocycles. The molecule has 2 aliphatic rings. The minimum absolute atomic E-state index is 0.0849. The Morgan fingerprint density at radius 3 is 2.60 bits per heavy atom. The van der Waals surface area contributed by atoms with Gasteiger partial charge in [-0.2, -0.15) is 0 Å². The molecular formula is C21H27ClN4O4. The Bertz CT molecular complexity index is 916. The SMILES string of the molecule is CNC(=O)c1cc(NC(=O)CN2C(=O)N[C@]3(C[C@@H](C)CC(C)(C)C3)C2=O)ccc1Cl. The lowest BCUT2D eigenvalue weighted by molar-refractivity contribution is -0.136. The topological polar surface area (TPSA) is 108 Å². The van der Waals surface area contributed by atoms with Crippen LogP contribution in [0.5, 0.6) is 0 Å². The van der Waals surface area contributed by atoms with E-state index in [1.54, 1.807) is 6.07 Å². The number of hydrogen-bond donors (Lipinski definition) is 3. The van der Waals surface area contributed by atoms with E-state index in [1.807, 2.05) is 0 Å². The van der Waals surface area contributed by atoms with Crippen LogP contribution in [0.25, 0.3) is 0 Å². The van der Waals surface area contributed by atoms with Crippen LogP contribution in [0.2, 0.25) is 5.02 Å². The molecule has 1 aliphatic carbocycles. The minimum atomic E-state index is -0.953. The lowest BCUT2D eigenvalue weighted by Gasteiger charge is -2.43. The average Bonchev–Trinajstić information content (AvgIpc) is 2.84. The third kappa shape index (κ3) is 4.28. The second-order valence-corrected chi connectivity index (χ2v) is 9.49. The highest BCUT2D eigenvalue weighted by molar-refractivity contribution is 6.34. The zero-order valence-corrected chi connectivity index (χ0v) is 18.4. The number of carbonyl (C=O) groups is 4. The highest BCUT2D eigenvalue weighted by Gasteiger charge is 2.56. The van der Waals surface area contributed by atoms with E-state index < -0.39 is 24.0 Å². The molecule has 1 spiro atoms. The number of carbonyl (C=O) groups excluding carboxylic acids is 4. The number of nitrogens with one attached hydrogen (secondary N) is 3. The van der Waals surface area contributed by atoms with Crippen molar-refractivity contribution in [2.45, 2.75) is 45.6 Å². The molecule has 2 fully saturated rings. The summed E-state index contributed by atoms with van der Waals surface area (Å²) < 4.78 is 0. The van der Waals surface area contributed by atoms with Crippen molar-refractivity contribution in [3.8, 4) is 0 Å². The van der Waals surface area contributed by atoms with Gasteiger partial charge in [-0.1, -0.05) is 32.4 Å². The van der Waals surface area contributed by atoms with Crippen LogP contribution >= 0.6 is 11.6 Å². The standard InChI is InChI=1S/C21H27ClN4O4/c1-12-8-20(2,3)11-21(9-12)18(29)26(19(30)25-21)10-16(27)24-13-5-6-15(22)14(7-13)17(28)23-4/h5-7,12H,8-11H2,1-4H3,(H,23,28)(H,24,27)(H,25,30)/t12-,21-/m0/s1. The molecule has 3 N–H and O–H groups in total. The van der Waals surface area contributed by atoms with Crippen LogP contribution in [0.4, 0.5) is 10.5 Å². The molecule has 1 aromatic rings. The third-order valence-electron chi connectivity index (χ3n) is 5.65. The second-order valence-electron chi connectivity index (χ2n) is 9.08. The van der Waals surface area contributed by atoms with Gasteiger partial charge in [-0.25, -0.2) is 4.79 Å². The van der Waals surface area contributed by atoms with Gasteiger partial charge in [0.05, 0.1) is 10.6 Å². The Balaban J connectivity index is 1.72. The van der Waals surface area contributed by atoms with E-state index >= 15 is 0 Å². The van der Waals surface area contributed by atoms with Gasteiger partial charge in [0.25, 0.3) is 11.8 Å². The molecule has 5 amide bonds. The maximum absolute atomic E-state index is 13.1. The molecule has 1 saturated heterocycles. The van der Waals surface area contributed by atoms with Crippen molar-refractivity contribution in [2.24, 2.45) is 11.3 Å². The van der Waals surface area contributed by atoms with E-state index in [1.165, 1.54) is 19.2 Å². The Kier molecular flexibility index (Phi) is 5.82. The van der Waals surface area contributed by atoms with E-state index in [-0.39, 0.29) is 33.7 Å². The first-order chi connectivity index (χ1) is 14.0. The lowest BCUT2D eigenvalue weighted by Crippen LogP contribution is -2.54. The molecule has 8 nitrogen and oxygen atoms in total. The van der Waals surface area contributed by atoms with Crippen molar-refractivity contribution in [1.29, 1.82) is 0 Å². The molecule has 0 unspecified atom stereocenters. The van der Waals surface area contributed by atoms with Gasteiger partial charge in [0, 0.05) is 12.7 Å². The fourth-order valence-electron chi connectivity index (χ4n) is 4.91. The maximum Gasteiger partial charge on any atom is 0.325 e. The van der Waals surface area contributed by atoms with Gasteiger partial charge in [0.15, 0.2) is 0 Å². The van der Waals surface area contributed by atoms with E-state index in [9.17, 15) is 19.2 Å². The number of anilines is 1. The minimum Gasteiger partial charge on any atom is -0.355 e. The van der Waals surface area contributed by atoms with Crippen LogP contribution in [-0.4, -0.2) is 47.8 Å². The number of imide groups is 1. The quantitative estimate of drug-likeness (QED) is 0.633. The van der Waals surface area contributed by atoms with Crippen molar-refractivity contribution in [1.82, 2.24) is 15.5 Å². The summed E-state index contributed by atoms with van der Waals surface area (Å²) in [4.78, 5) is 51.1. The molecule has 0 aromatic heterocycles. The largest absolute Gasteiger partial charge is 0.355 e. The highest BCUT2D eigenvalue weighted by Crippen LogP contribution is 2.46. The summed E-state index contributed by atoms with van der Waals surface area (Å²) in [7, 11) is 1.48. The monoisotopic (exact) mass is 434 g/mol. The summed E-state index contributed by atoms with van der Waals surface area (Å²) in [5.41, 5.74) is -0.481. The first-order valence-electron chi connectivity index (χ1n) is 9.92. The summed E-state index contributed by atoms with van der Waals surface area (Å²) in [5, 5.41) is 8.19. The molecular weight excluding hydrogens is 408 g/mol. The van der Waals surface area contributed by atoms with Crippen LogP contribution in [0.3, 0.4) is 0 Å². The Morgan fingerprint density at radius 1 is 1.27 bits per heavy atom. The molecule has 3 rings (SSSR count). The molecule has 162 valence electrons. The van der Waals surface area contributed by atoms with Crippen LogP contribution in [0.15, 0.2) is 18.2 Å². The van der Waals surface area contributed by atoms with Gasteiger partial charge in [-0.3, -0.25) is 19.3 Å². The Labute approximate surface area is 180 Å². The van der Waals surface area contributed by atoms with Gasteiger partial charge in [-0.05, 0) is 48.8 Å². The number of amides is 5. The van der Waals surface area contributed by atoms with E-state index in [4.69, 9.17) is 11.6 Å². The van der Waals surface area contributed by atoms with E-state index in [0.29, 0.717) is 18.5 Å². The normalized spacial score (nSPS) is 25.2. The van der Waals surface area contributed by atoms with Crippen LogP contribution in [0, 0.1) is 11.3 Å². The van der Waals surface area contributed by atoms with Crippen molar-refractivity contribution >= 4 is 41.0 Å². The molecule has 1 aromatic carbocycles. The van der Waals surface area contributed by atoms with Gasteiger partial charge < -0.3 is 16.0 Å². The summed E-state index contributed by atoms with van der Waals surface area (Å²) >= 11 is 6.02. The molecule has 0 bridgehead atoms. The Hall–Kier alpha value is -2.61. The van der Waals surface area contributed by atoms with Gasteiger partial charge in [-0.15, -0.1) is 0 Å².